The van der Waals surface area contributed by atoms with Crippen molar-refractivity contribution in [1.82, 2.24) is 15.5 Å². The predicted molar refractivity (Wildman–Crippen MR) is 118 cm³/mol. The Bertz CT molecular complexity index is 904. The summed E-state index contributed by atoms with van der Waals surface area (Å²) in [4.78, 5) is 15.9. The van der Waals surface area contributed by atoms with Crippen LogP contribution < -0.4 is 10.2 Å². The molecule has 1 N–H and O–H groups in total. The second kappa shape index (κ2) is 9.18. The summed E-state index contributed by atoms with van der Waals surface area (Å²) >= 11 is 1.67. The molecule has 0 spiro atoms. The Morgan fingerprint density at radius 2 is 1.90 bits per heavy atom. The predicted octanol–water partition coefficient (Wildman–Crippen LogP) is 4.34. The Kier molecular flexibility index (Phi) is 6.20. The fraction of sp³-hybridized carbons (Fsp3) is 0.348. The third kappa shape index (κ3) is 4.82. The van der Waals surface area contributed by atoms with E-state index in [4.69, 9.17) is 0 Å². The number of carbonyl (C=O) groups is 1. The average Bonchev–Trinajstić information content (AvgIpc) is 3.33. The lowest BCUT2D eigenvalue weighted by molar-refractivity contribution is -0.125. The monoisotopic (exact) mass is 406 g/mol. The molecule has 1 atom stereocenters. The van der Waals surface area contributed by atoms with Gasteiger partial charge in [-0.15, -0.1) is 21.5 Å². The summed E-state index contributed by atoms with van der Waals surface area (Å²) < 4.78 is 0. The number of aromatic nitrogens is 2. The second-order valence-electron chi connectivity index (χ2n) is 7.57. The summed E-state index contributed by atoms with van der Waals surface area (Å²) in [6.07, 6.45) is 1.69. The molecule has 1 aromatic carbocycles. The molecule has 6 heteroatoms. The summed E-state index contributed by atoms with van der Waals surface area (Å²) in [5.41, 5.74) is 2.16. The molecule has 0 saturated carbocycles. The highest BCUT2D eigenvalue weighted by molar-refractivity contribution is 7.13. The molecule has 1 amide bonds. The lowest BCUT2D eigenvalue weighted by atomic mass is 9.95. The number of benzene rings is 1. The second-order valence-corrected chi connectivity index (χ2v) is 8.52. The standard InChI is InChI=1S/C23H26N4OS/c1-17(18-6-3-2-4-7-18)16-24-23(28)19-11-13-27(14-12-19)22-10-9-20(25-26-22)21-8-5-15-29-21/h2-10,15,17,19H,11-14,16H2,1H3,(H,24,28)/t17-/m1/s1. The van der Waals surface area contributed by atoms with E-state index in [9.17, 15) is 4.79 Å². The molecule has 150 valence electrons. The van der Waals surface area contributed by atoms with E-state index in [0.29, 0.717) is 12.5 Å². The van der Waals surface area contributed by atoms with Crippen molar-refractivity contribution >= 4 is 23.1 Å². The van der Waals surface area contributed by atoms with Crippen LogP contribution >= 0.6 is 11.3 Å². The van der Waals surface area contributed by atoms with Crippen LogP contribution in [0.1, 0.15) is 31.2 Å². The van der Waals surface area contributed by atoms with Gasteiger partial charge >= 0.3 is 0 Å². The van der Waals surface area contributed by atoms with Gasteiger partial charge in [-0.25, -0.2) is 0 Å². The van der Waals surface area contributed by atoms with Crippen molar-refractivity contribution in [2.24, 2.45) is 5.92 Å². The van der Waals surface area contributed by atoms with E-state index in [2.05, 4.69) is 45.5 Å². The summed E-state index contributed by atoms with van der Waals surface area (Å²) in [5.74, 6) is 1.46. The number of rotatable bonds is 6. The number of hydrogen-bond acceptors (Lipinski definition) is 5. The van der Waals surface area contributed by atoms with Crippen molar-refractivity contribution < 1.29 is 4.79 Å². The number of nitrogens with zero attached hydrogens (tertiary/aromatic N) is 3. The van der Waals surface area contributed by atoms with Crippen molar-refractivity contribution in [2.45, 2.75) is 25.7 Å². The zero-order valence-electron chi connectivity index (χ0n) is 16.6. The van der Waals surface area contributed by atoms with Gasteiger partial charge in [0.15, 0.2) is 5.82 Å². The van der Waals surface area contributed by atoms with Crippen LogP contribution in [0.5, 0.6) is 0 Å². The molecule has 0 radical (unpaired) electrons. The fourth-order valence-electron chi connectivity index (χ4n) is 3.72. The van der Waals surface area contributed by atoms with Gasteiger partial charge in [0.1, 0.15) is 5.69 Å². The topological polar surface area (TPSA) is 58.1 Å². The lowest BCUT2D eigenvalue weighted by Gasteiger charge is -2.32. The number of carbonyl (C=O) groups excluding carboxylic acids is 1. The van der Waals surface area contributed by atoms with Crippen LogP contribution in [0.4, 0.5) is 5.82 Å². The average molecular weight is 407 g/mol. The van der Waals surface area contributed by atoms with Crippen LogP contribution in [0.2, 0.25) is 0 Å². The highest BCUT2D eigenvalue weighted by Crippen LogP contribution is 2.25. The summed E-state index contributed by atoms with van der Waals surface area (Å²) in [6.45, 7) is 4.49. The van der Waals surface area contributed by atoms with Gasteiger partial charge in [0.2, 0.25) is 5.91 Å². The van der Waals surface area contributed by atoms with E-state index in [1.807, 2.05) is 41.8 Å². The van der Waals surface area contributed by atoms with Crippen molar-refractivity contribution in [3.63, 3.8) is 0 Å². The summed E-state index contributed by atoms with van der Waals surface area (Å²) in [6, 6.07) is 18.5. The summed E-state index contributed by atoms with van der Waals surface area (Å²) in [7, 11) is 0. The number of thiophene rings is 1. The first-order chi connectivity index (χ1) is 14.2. The molecule has 3 aromatic rings. The van der Waals surface area contributed by atoms with Crippen molar-refractivity contribution in [3.05, 3.63) is 65.5 Å². The van der Waals surface area contributed by atoms with Crippen LogP contribution in [0, 0.1) is 5.92 Å². The van der Waals surface area contributed by atoms with Crippen LogP contribution in [-0.2, 0) is 4.79 Å². The highest BCUT2D eigenvalue weighted by atomic mass is 32.1. The zero-order chi connectivity index (χ0) is 20.1. The molecule has 0 bridgehead atoms. The van der Waals surface area contributed by atoms with E-state index in [1.165, 1.54) is 5.56 Å². The van der Waals surface area contributed by atoms with E-state index < -0.39 is 0 Å². The van der Waals surface area contributed by atoms with Gasteiger partial charge in [-0.3, -0.25) is 4.79 Å². The van der Waals surface area contributed by atoms with Crippen molar-refractivity contribution in [2.75, 3.05) is 24.5 Å². The Balaban J connectivity index is 1.26. The molecule has 2 aromatic heterocycles. The fourth-order valence-corrected chi connectivity index (χ4v) is 4.41. The maximum atomic E-state index is 12.6. The Hall–Kier alpha value is -2.73. The minimum absolute atomic E-state index is 0.0765. The lowest BCUT2D eigenvalue weighted by Crippen LogP contribution is -2.41. The van der Waals surface area contributed by atoms with Gasteiger partial charge < -0.3 is 10.2 Å². The molecule has 3 heterocycles. The molecular weight excluding hydrogens is 380 g/mol. The number of nitrogens with one attached hydrogen (secondary N) is 1. The molecule has 0 unspecified atom stereocenters. The minimum atomic E-state index is 0.0765. The normalized spacial score (nSPS) is 15.8. The number of anilines is 1. The smallest absolute Gasteiger partial charge is 0.223 e. The highest BCUT2D eigenvalue weighted by Gasteiger charge is 2.26. The third-order valence-corrected chi connectivity index (χ3v) is 6.46. The van der Waals surface area contributed by atoms with E-state index >= 15 is 0 Å². The minimum Gasteiger partial charge on any atom is -0.355 e. The van der Waals surface area contributed by atoms with E-state index in [1.54, 1.807) is 11.3 Å². The maximum Gasteiger partial charge on any atom is 0.223 e. The zero-order valence-corrected chi connectivity index (χ0v) is 17.4. The number of piperidine rings is 1. The van der Waals surface area contributed by atoms with Gasteiger partial charge in [0, 0.05) is 25.6 Å². The Morgan fingerprint density at radius 1 is 1.10 bits per heavy atom. The molecule has 29 heavy (non-hydrogen) atoms. The van der Waals surface area contributed by atoms with Crippen molar-refractivity contribution in [1.29, 1.82) is 0 Å². The first kappa shape index (κ1) is 19.6. The van der Waals surface area contributed by atoms with Crippen LogP contribution in [0.15, 0.2) is 60.0 Å². The maximum absolute atomic E-state index is 12.6. The quantitative estimate of drug-likeness (QED) is 0.662. The first-order valence-corrected chi connectivity index (χ1v) is 11.0. The Labute approximate surface area is 175 Å². The number of hydrogen-bond donors (Lipinski definition) is 1. The first-order valence-electron chi connectivity index (χ1n) is 10.2. The van der Waals surface area contributed by atoms with Gasteiger partial charge in [-0.05, 0) is 47.9 Å². The molecule has 1 aliphatic rings. The summed E-state index contributed by atoms with van der Waals surface area (Å²) in [5, 5.41) is 14.0. The van der Waals surface area contributed by atoms with Gasteiger partial charge in [0.05, 0.1) is 4.88 Å². The van der Waals surface area contributed by atoms with Crippen molar-refractivity contribution in [3.8, 4) is 10.6 Å². The third-order valence-electron chi connectivity index (χ3n) is 5.56. The van der Waals surface area contributed by atoms with Gasteiger partial charge in [-0.1, -0.05) is 43.3 Å². The molecule has 4 rings (SSSR count). The van der Waals surface area contributed by atoms with Gasteiger partial charge in [-0.2, -0.15) is 0 Å². The SMILES string of the molecule is C[C@H](CNC(=O)C1CCN(c2ccc(-c3cccs3)nn2)CC1)c1ccccc1. The largest absolute Gasteiger partial charge is 0.355 e. The molecule has 0 aliphatic carbocycles. The Morgan fingerprint density at radius 3 is 2.55 bits per heavy atom. The van der Waals surface area contributed by atoms with Gasteiger partial charge in [0.25, 0.3) is 0 Å². The van der Waals surface area contributed by atoms with E-state index in [0.717, 1.165) is 42.3 Å². The van der Waals surface area contributed by atoms with E-state index in [-0.39, 0.29) is 11.8 Å². The molecule has 5 nitrogen and oxygen atoms in total. The van der Waals surface area contributed by atoms with Crippen LogP contribution in [0.25, 0.3) is 10.6 Å². The molecule has 1 aliphatic heterocycles. The molecule has 1 saturated heterocycles. The van der Waals surface area contributed by atoms with Crippen LogP contribution in [0.3, 0.4) is 0 Å². The number of amides is 1. The van der Waals surface area contributed by atoms with Crippen LogP contribution in [-0.4, -0.2) is 35.7 Å². The molecule has 1 fully saturated rings. The molecular formula is C23H26N4OS.